The van der Waals surface area contributed by atoms with E-state index in [4.69, 9.17) is 16.3 Å². The van der Waals surface area contributed by atoms with Crippen LogP contribution in [0.15, 0.2) is 42.5 Å². The summed E-state index contributed by atoms with van der Waals surface area (Å²) in [6, 6.07) is 12.7. The fourth-order valence-corrected chi connectivity index (χ4v) is 4.28. The molecule has 31 heavy (non-hydrogen) atoms. The highest BCUT2D eigenvalue weighted by atomic mass is 35.5. The Hall–Kier alpha value is -2.11. The van der Waals surface area contributed by atoms with Gasteiger partial charge in [0.1, 0.15) is 11.6 Å². The molecule has 2 aromatic rings. The van der Waals surface area contributed by atoms with E-state index in [-0.39, 0.29) is 23.7 Å². The van der Waals surface area contributed by atoms with Gasteiger partial charge in [-0.1, -0.05) is 43.6 Å². The molecule has 6 heteroatoms. The molecular formula is C25H32ClFN2O2. The molecule has 1 fully saturated rings. The van der Waals surface area contributed by atoms with E-state index in [2.05, 4.69) is 24.1 Å². The molecule has 0 radical (unpaired) electrons. The quantitative estimate of drug-likeness (QED) is 0.573. The summed E-state index contributed by atoms with van der Waals surface area (Å²) in [6.45, 7) is 6.42. The molecular weight excluding hydrogens is 415 g/mol. The van der Waals surface area contributed by atoms with E-state index in [0.29, 0.717) is 23.0 Å². The van der Waals surface area contributed by atoms with E-state index >= 15 is 0 Å². The monoisotopic (exact) mass is 446 g/mol. The maximum atomic E-state index is 14.1. The van der Waals surface area contributed by atoms with E-state index in [1.54, 1.807) is 19.2 Å². The third-order valence-electron chi connectivity index (χ3n) is 5.91. The van der Waals surface area contributed by atoms with Gasteiger partial charge in [0.25, 0.3) is 0 Å². The first-order valence-corrected chi connectivity index (χ1v) is 11.3. The van der Waals surface area contributed by atoms with Gasteiger partial charge in [0.15, 0.2) is 0 Å². The molecule has 1 aliphatic rings. The molecule has 1 saturated heterocycles. The Morgan fingerprint density at radius 1 is 1.19 bits per heavy atom. The van der Waals surface area contributed by atoms with Gasteiger partial charge in [0.2, 0.25) is 5.91 Å². The fourth-order valence-electron chi connectivity index (χ4n) is 4.12. The van der Waals surface area contributed by atoms with Gasteiger partial charge in [-0.05, 0) is 68.1 Å². The highest BCUT2D eigenvalue weighted by Gasteiger charge is 2.27. The minimum Gasteiger partial charge on any atom is -0.497 e. The van der Waals surface area contributed by atoms with E-state index in [1.165, 1.54) is 6.07 Å². The molecule has 0 aliphatic carbocycles. The lowest BCUT2D eigenvalue weighted by atomic mass is 9.92. The summed E-state index contributed by atoms with van der Waals surface area (Å²) < 4.78 is 19.3. The minimum absolute atomic E-state index is 0.0143. The van der Waals surface area contributed by atoms with Crippen LogP contribution in [-0.4, -0.2) is 31.0 Å². The average molecular weight is 447 g/mol. The highest BCUT2D eigenvalue weighted by molar-refractivity contribution is 6.30. The van der Waals surface area contributed by atoms with Gasteiger partial charge < -0.3 is 10.1 Å². The minimum atomic E-state index is -0.275. The Morgan fingerprint density at radius 2 is 1.87 bits per heavy atom. The van der Waals surface area contributed by atoms with Crippen molar-refractivity contribution in [2.24, 2.45) is 11.8 Å². The summed E-state index contributed by atoms with van der Waals surface area (Å²) in [5.41, 5.74) is 1.74. The zero-order valence-electron chi connectivity index (χ0n) is 18.5. The number of nitrogens with one attached hydrogen (secondary N) is 1. The van der Waals surface area contributed by atoms with Crippen LogP contribution in [0.25, 0.3) is 0 Å². The lowest BCUT2D eigenvalue weighted by molar-refractivity contribution is -0.127. The maximum absolute atomic E-state index is 14.1. The van der Waals surface area contributed by atoms with Crippen molar-refractivity contribution in [1.82, 2.24) is 10.2 Å². The summed E-state index contributed by atoms with van der Waals surface area (Å²) in [4.78, 5) is 15.2. The molecule has 1 amide bonds. The van der Waals surface area contributed by atoms with Gasteiger partial charge in [-0.2, -0.15) is 0 Å². The summed E-state index contributed by atoms with van der Waals surface area (Å²) in [5, 5.41) is 3.69. The van der Waals surface area contributed by atoms with Crippen molar-refractivity contribution in [3.63, 3.8) is 0 Å². The molecule has 4 nitrogen and oxygen atoms in total. The number of hydrogen-bond acceptors (Lipinski definition) is 3. The Balaban J connectivity index is 1.56. The van der Waals surface area contributed by atoms with Crippen LogP contribution in [0.3, 0.4) is 0 Å². The number of carbonyl (C=O) groups excluding carboxylic acids is 1. The number of piperidine rings is 1. The zero-order chi connectivity index (χ0) is 22.4. The fraction of sp³-hybridized carbons (Fsp3) is 0.480. The zero-order valence-corrected chi connectivity index (χ0v) is 19.3. The van der Waals surface area contributed by atoms with Crippen molar-refractivity contribution < 1.29 is 13.9 Å². The number of halogens is 2. The lowest BCUT2D eigenvalue weighted by Gasteiger charge is -2.32. The first kappa shape index (κ1) is 23.6. The number of hydrogen-bond donors (Lipinski definition) is 1. The third kappa shape index (κ3) is 6.68. The number of ether oxygens (including phenoxy) is 1. The predicted octanol–water partition coefficient (Wildman–Crippen LogP) is 5.60. The number of nitrogens with zero attached hydrogens (tertiary/aromatic N) is 1. The van der Waals surface area contributed by atoms with Crippen molar-refractivity contribution >= 4 is 17.5 Å². The summed E-state index contributed by atoms with van der Waals surface area (Å²) in [7, 11) is 1.65. The SMILES string of the molecule is COc1ccc([C@H](CC(C)C)NC(=O)C2CCN(Cc3ccc(Cl)cc3F)CC2)cc1. The van der Waals surface area contributed by atoms with E-state index in [9.17, 15) is 9.18 Å². The second kappa shape index (κ2) is 11.0. The topological polar surface area (TPSA) is 41.6 Å². The molecule has 0 spiro atoms. The second-order valence-corrected chi connectivity index (χ2v) is 9.19. The van der Waals surface area contributed by atoms with Gasteiger partial charge in [0.05, 0.1) is 13.2 Å². The van der Waals surface area contributed by atoms with Crippen molar-refractivity contribution in [2.75, 3.05) is 20.2 Å². The average Bonchev–Trinajstić information content (AvgIpc) is 2.75. The maximum Gasteiger partial charge on any atom is 0.223 e. The van der Waals surface area contributed by atoms with Crippen LogP contribution in [0.1, 0.15) is 50.3 Å². The standard InChI is InChI=1S/C25H32ClFN2O2/c1-17(2)14-24(18-5-8-22(31-3)9-6-18)28-25(30)19-10-12-29(13-11-19)16-20-4-7-21(26)15-23(20)27/h4-9,15,17,19,24H,10-14,16H2,1-3H3,(H,28,30)/t24-/m0/s1. The number of methoxy groups -OCH3 is 1. The predicted molar refractivity (Wildman–Crippen MR) is 123 cm³/mol. The normalized spacial score (nSPS) is 16.3. The largest absolute Gasteiger partial charge is 0.497 e. The molecule has 1 N–H and O–H groups in total. The number of carbonyl (C=O) groups is 1. The molecule has 0 unspecified atom stereocenters. The van der Waals surface area contributed by atoms with Crippen molar-refractivity contribution in [2.45, 2.75) is 45.7 Å². The molecule has 2 aromatic carbocycles. The molecule has 3 rings (SSSR count). The van der Waals surface area contributed by atoms with Gasteiger partial charge >= 0.3 is 0 Å². The smallest absolute Gasteiger partial charge is 0.223 e. The summed E-state index contributed by atoms with van der Waals surface area (Å²) in [6.07, 6.45) is 2.43. The molecule has 1 heterocycles. The summed E-state index contributed by atoms with van der Waals surface area (Å²) in [5.74, 6) is 1.09. The Labute approximate surface area is 189 Å². The molecule has 1 atom stereocenters. The first-order chi connectivity index (χ1) is 14.9. The number of likely N-dealkylation sites (tertiary alicyclic amines) is 1. The molecule has 168 valence electrons. The summed E-state index contributed by atoms with van der Waals surface area (Å²) >= 11 is 5.84. The van der Waals surface area contributed by atoms with Gasteiger partial charge in [-0.25, -0.2) is 4.39 Å². The molecule has 0 bridgehead atoms. The number of benzene rings is 2. The van der Waals surface area contributed by atoms with Crippen LogP contribution in [0.2, 0.25) is 5.02 Å². The third-order valence-corrected chi connectivity index (χ3v) is 6.14. The van der Waals surface area contributed by atoms with Crippen LogP contribution in [0, 0.1) is 17.7 Å². The van der Waals surface area contributed by atoms with Crippen LogP contribution in [-0.2, 0) is 11.3 Å². The van der Waals surface area contributed by atoms with Crippen LogP contribution < -0.4 is 10.1 Å². The van der Waals surface area contributed by atoms with Crippen LogP contribution in [0.5, 0.6) is 5.75 Å². The van der Waals surface area contributed by atoms with E-state index in [0.717, 1.165) is 43.7 Å². The number of amides is 1. The van der Waals surface area contributed by atoms with E-state index in [1.807, 2.05) is 24.3 Å². The van der Waals surface area contributed by atoms with Crippen molar-refractivity contribution in [1.29, 1.82) is 0 Å². The van der Waals surface area contributed by atoms with Crippen molar-refractivity contribution in [3.05, 3.63) is 64.4 Å². The van der Waals surface area contributed by atoms with Gasteiger partial charge in [-0.15, -0.1) is 0 Å². The van der Waals surface area contributed by atoms with Crippen LogP contribution in [0.4, 0.5) is 4.39 Å². The highest BCUT2D eigenvalue weighted by Crippen LogP contribution is 2.26. The van der Waals surface area contributed by atoms with Crippen molar-refractivity contribution in [3.8, 4) is 5.75 Å². The van der Waals surface area contributed by atoms with Gasteiger partial charge in [-0.3, -0.25) is 9.69 Å². The second-order valence-electron chi connectivity index (χ2n) is 8.75. The van der Waals surface area contributed by atoms with Crippen LogP contribution >= 0.6 is 11.6 Å². The number of rotatable bonds is 8. The molecule has 0 aromatic heterocycles. The molecule has 0 saturated carbocycles. The lowest BCUT2D eigenvalue weighted by Crippen LogP contribution is -2.41. The Bertz CT molecular complexity index is 864. The Kier molecular flexibility index (Phi) is 8.33. The molecule has 1 aliphatic heterocycles. The van der Waals surface area contributed by atoms with Gasteiger partial charge in [0, 0.05) is 23.0 Å². The first-order valence-electron chi connectivity index (χ1n) is 11.0. The van der Waals surface area contributed by atoms with E-state index < -0.39 is 0 Å². The Morgan fingerprint density at radius 3 is 2.45 bits per heavy atom.